The minimum absolute atomic E-state index is 0.0378. The van der Waals surface area contributed by atoms with Gasteiger partial charge in [-0.2, -0.15) is 0 Å². The Bertz CT molecular complexity index is 270. The fourth-order valence-corrected chi connectivity index (χ4v) is 1.12. The van der Waals surface area contributed by atoms with Gasteiger partial charge in [-0.05, 0) is 24.7 Å². The molecule has 0 aliphatic carbocycles. The molecule has 4 nitrogen and oxygen atoms in total. The Morgan fingerprint density at radius 1 is 1.27 bits per heavy atom. The largest absolute Gasteiger partial charge is 0.492 e. The topological polar surface area (TPSA) is 61.7 Å². The number of rotatable bonds is 6. The van der Waals surface area contributed by atoms with Crippen LogP contribution < -0.4 is 10.1 Å². The van der Waals surface area contributed by atoms with Crippen molar-refractivity contribution in [3.63, 3.8) is 0 Å². The zero-order valence-electron chi connectivity index (χ0n) is 8.81. The zero-order valence-corrected chi connectivity index (χ0v) is 8.81. The van der Waals surface area contributed by atoms with Crippen LogP contribution in [0.25, 0.3) is 0 Å². The van der Waals surface area contributed by atoms with Gasteiger partial charge in [0.1, 0.15) is 12.4 Å². The molecule has 1 rings (SSSR count). The second-order valence-electron chi connectivity index (χ2n) is 3.28. The number of ether oxygens (including phenoxy) is 1. The van der Waals surface area contributed by atoms with Gasteiger partial charge in [0.15, 0.2) is 0 Å². The minimum Gasteiger partial charge on any atom is -0.492 e. The predicted octanol–water partition coefficient (Wildman–Crippen LogP) is 0.138. The van der Waals surface area contributed by atoms with Crippen LogP contribution in [0.15, 0.2) is 24.3 Å². The monoisotopic (exact) mass is 211 g/mol. The number of hydrogen-bond donors (Lipinski definition) is 3. The van der Waals surface area contributed by atoms with Gasteiger partial charge in [-0.3, -0.25) is 0 Å². The van der Waals surface area contributed by atoms with Crippen molar-refractivity contribution in [3.05, 3.63) is 29.8 Å². The summed E-state index contributed by atoms with van der Waals surface area (Å²) in [6.07, 6.45) is 0. The molecule has 0 radical (unpaired) electrons. The van der Waals surface area contributed by atoms with E-state index in [0.717, 1.165) is 11.3 Å². The van der Waals surface area contributed by atoms with Crippen molar-refractivity contribution in [2.24, 2.45) is 0 Å². The number of nitrogens with one attached hydrogen (secondary N) is 1. The number of hydrogen-bond acceptors (Lipinski definition) is 4. The Kier molecular flexibility index (Phi) is 5.10. The summed E-state index contributed by atoms with van der Waals surface area (Å²) in [5.41, 5.74) is 0.856. The highest BCUT2D eigenvalue weighted by atomic mass is 16.5. The van der Waals surface area contributed by atoms with Crippen molar-refractivity contribution >= 4 is 0 Å². The average molecular weight is 211 g/mol. The van der Waals surface area contributed by atoms with Gasteiger partial charge in [0, 0.05) is 0 Å². The first-order valence-electron chi connectivity index (χ1n) is 4.91. The maximum Gasteiger partial charge on any atom is 0.119 e. The first-order valence-corrected chi connectivity index (χ1v) is 4.91. The molecule has 15 heavy (non-hydrogen) atoms. The summed E-state index contributed by atoms with van der Waals surface area (Å²) < 4.78 is 5.45. The molecular formula is C11H17NO3. The first-order chi connectivity index (χ1) is 7.30. The Hall–Kier alpha value is -1.10. The molecule has 3 N–H and O–H groups in total. The second kappa shape index (κ2) is 6.40. The van der Waals surface area contributed by atoms with Gasteiger partial charge in [0.2, 0.25) is 0 Å². The maximum absolute atomic E-state index is 8.91. The molecule has 1 unspecified atom stereocenters. The fraction of sp³-hybridized carbons (Fsp3) is 0.455. The summed E-state index contributed by atoms with van der Waals surface area (Å²) >= 11 is 0. The van der Waals surface area contributed by atoms with Crippen LogP contribution in [0.1, 0.15) is 5.56 Å². The van der Waals surface area contributed by atoms with Gasteiger partial charge in [0.25, 0.3) is 0 Å². The first kappa shape index (κ1) is 12.0. The molecule has 4 heteroatoms. The van der Waals surface area contributed by atoms with E-state index in [2.05, 4.69) is 5.32 Å². The summed E-state index contributed by atoms with van der Waals surface area (Å²) in [5.74, 6) is 0.737. The number of aliphatic hydroxyl groups excluding tert-OH is 2. The molecule has 1 aromatic carbocycles. The van der Waals surface area contributed by atoms with E-state index in [1.807, 2.05) is 12.1 Å². The van der Waals surface area contributed by atoms with E-state index < -0.39 is 0 Å². The second-order valence-corrected chi connectivity index (χ2v) is 3.28. The van der Waals surface area contributed by atoms with E-state index in [1.165, 1.54) is 0 Å². The van der Waals surface area contributed by atoms with Crippen molar-refractivity contribution in [3.8, 4) is 5.75 Å². The Balaban J connectivity index is 2.43. The molecule has 0 fully saturated rings. The lowest BCUT2D eigenvalue weighted by atomic mass is 10.2. The molecule has 0 heterocycles. The normalized spacial score (nSPS) is 12.5. The predicted molar refractivity (Wildman–Crippen MR) is 57.8 cm³/mol. The van der Waals surface area contributed by atoms with Crippen LogP contribution in [0, 0.1) is 0 Å². The van der Waals surface area contributed by atoms with Crippen molar-refractivity contribution in [2.75, 3.05) is 20.3 Å². The molecule has 1 atom stereocenters. The standard InChI is InChI=1S/C11H17NO3/c1-12-10(7-14)8-15-11-4-2-9(6-13)3-5-11/h2-5,10,12-14H,6-8H2,1H3. The number of benzene rings is 1. The number of likely N-dealkylation sites (N-methyl/N-ethyl adjacent to an activating group) is 1. The highest BCUT2D eigenvalue weighted by molar-refractivity contribution is 5.26. The van der Waals surface area contributed by atoms with E-state index in [4.69, 9.17) is 14.9 Å². The third-order valence-corrected chi connectivity index (χ3v) is 2.19. The van der Waals surface area contributed by atoms with Crippen molar-refractivity contribution in [2.45, 2.75) is 12.6 Å². The van der Waals surface area contributed by atoms with Crippen LogP contribution in [0.4, 0.5) is 0 Å². The lowest BCUT2D eigenvalue weighted by molar-refractivity contribution is 0.189. The van der Waals surface area contributed by atoms with Gasteiger partial charge in [-0.15, -0.1) is 0 Å². The lowest BCUT2D eigenvalue weighted by Crippen LogP contribution is -2.34. The van der Waals surface area contributed by atoms with Gasteiger partial charge in [-0.25, -0.2) is 0 Å². The molecule has 0 saturated heterocycles. The molecule has 0 spiro atoms. The van der Waals surface area contributed by atoms with E-state index in [-0.39, 0.29) is 19.3 Å². The van der Waals surface area contributed by atoms with Gasteiger partial charge in [0.05, 0.1) is 19.3 Å². The third-order valence-electron chi connectivity index (χ3n) is 2.19. The summed E-state index contributed by atoms with van der Waals surface area (Å²) in [6.45, 7) is 0.507. The van der Waals surface area contributed by atoms with Gasteiger partial charge in [-0.1, -0.05) is 12.1 Å². The SMILES string of the molecule is CNC(CO)COc1ccc(CO)cc1. The van der Waals surface area contributed by atoms with Crippen LogP contribution in [0.5, 0.6) is 5.75 Å². The molecule has 84 valence electrons. The molecule has 0 bridgehead atoms. The Morgan fingerprint density at radius 3 is 2.40 bits per heavy atom. The van der Waals surface area contributed by atoms with Crippen LogP contribution in [0.2, 0.25) is 0 Å². The maximum atomic E-state index is 8.91. The van der Waals surface area contributed by atoms with Crippen LogP contribution in [-0.4, -0.2) is 36.5 Å². The smallest absolute Gasteiger partial charge is 0.119 e. The number of aliphatic hydroxyl groups is 2. The highest BCUT2D eigenvalue weighted by Crippen LogP contribution is 2.12. The molecule has 0 aliphatic rings. The molecule has 1 aromatic rings. The molecule has 0 aliphatic heterocycles. The van der Waals surface area contributed by atoms with E-state index in [1.54, 1.807) is 19.2 Å². The van der Waals surface area contributed by atoms with Crippen LogP contribution in [-0.2, 0) is 6.61 Å². The van der Waals surface area contributed by atoms with E-state index in [9.17, 15) is 0 Å². The van der Waals surface area contributed by atoms with Gasteiger partial charge < -0.3 is 20.3 Å². The van der Waals surface area contributed by atoms with Crippen molar-refractivity contribution in [1.29, 1.82) is 0 Å². The van der Waals surface area contributed by atoms with Crippen molar-refractivity contribution in [1.82, 2.24) is 5.32 Å². The molecule has 0 aromatic heterocycles. The summed E-state index contributed by atoms with van der Waals surface area (Å²) in [6, 6.07) is 7.17. The summed E-state index contributed by atoms with van der Waals surface area (Å²) in [4.78, 5) is 0. The average Bonchev–Trinajstić information content (AvgIpc) is 2.31. The fourth-order valence-electron chi connectivity index (χ4n) is 1.12. The van der Waals surface area contributed by atoms with E-state index in [0.29, 0.717) is 6.61 Å². The van der Waals surface area contributed by atoms with Crippen LogP contribution >= 0.6 is 0 Å². The minimum atomic E-state index is -0.0532. The third kappa shape index (κ3) is 3.87. The zero-order chi connectivity index (χ0) is 11.1. The Labute approximate surface area is 89.5 Å². The van der Waals surface area contributed by atoms with Crippen LogP contribution in [0.3, 0.4) is 0 Å². The van der Waals surface area contributed by atoms with Gasteiger partial charge >= 0.3 is 0 Å². The summed E-state index contributed by atoms with van der Waals surface area (Å²) in [5, 5.41) is 20.7. The lowest BCUT2D eigenvalue weighted by Gasteiger charge is -2.14. The molecule has 0 amide bonds. The highest BCUT2D eigenvalue weighted by Gasteiger charge is 2.04. The van der Waals surface area contributed by atoms with Crippen molar-refractivity contribution < 1.29 is 14.9 Å². The summed E-state index contributed by atoms with van der Waals surface area (Å²) in [7, 11) is 1.78. The van der Waals surface area contributed by atoms with E-state index >= 15 is 0 Å². The molecular weight excluding hydrogens is 194 g/mol. The Morgan fingerprint density at radius 2 is 1.93 bits per heavy atom. The quantitative estimate of drug-likeness (QED) is 0.626. The molecule has 0 saturated carbocycles.